The fourth-order valence-electron chi connectivity index (χ4n) is 3.75. The zero-order valence-corrected chi connectivity index (χ0v) is 18.5. The Balaban J connectivity index is 2.24. The van der Waals surface area contributed by atoms with E-state index in [1.54, 1.807) is 0 Å². The highest BCUT2D eigenvalue weighted by Gasteiger charge is 2.32. The van der Waals surface area contributed by atoms with Crippen LogP contribution in [0.15, 0.2) is 83.1 Å². The Labute approximate surface area is 175 Å². The molecule has 1 heterocycles. The monoisotopic (exact) mass is 393 g/mol. The number of carbonyl (C=O) groups excluding carboxylic acids is 1. The van der Waals surface area contributed by atoms with Crippen LogP contribution >= 0.6 is 12.6 Å². The van der Waals surface area contributed by atoms with Crippen LogP contribution in [0.2, 0.25) is 0 Å². The maximum atomic E-state index is 11.0. The van der Waals surface area contributed by atoms with Gasteiger partial charge in [0.15, 0.2) is 0 Å². The fraction of sp³-hybridized carbons (Fsp3) is 0.360. The second-order valence-corrected chi connectivity index (χ2v) is 8.60. The van der Waals surface area contributed by atoms with Crippen LogP contribution in [0.5, 0.6) is 0 Å². The number of aromatic nitrogens is 1. The summed E-state index contributed by atoms with van der Waals surface area (Å²) >= 11 is 3.77. The summed E-state index contributed by atoms with van der Waals surface area (Å²) in [5, 5.41) is -0.229. The molecule has 0 spiro atoms. The number of carbonyl (C=O) groups is 1. The standard InChI is InChI=1S/C25H31NOS/c1-18(9-8-10-19(2)17-24(27)28)12-13-22-20(3)21(14-15-25(22,4)5)23-11-6-7-16-26-23/h6-13,16-17,21H,14-15H2,1-5H3,(H,27,28). The van der Waals surface area contributed by atoms with Gasteiger partial charge in [0.1, 0.15) is 0 Å². The topological polar surface area (TPSA) is 30.0 Å². The highest BCUT2D eigenvalue weighted by atomic mass is 32.1. The molecule has 2 rings (SSSR count). The fourth-order valence-corrected chi connectivity index (χ4v) is 3.96. The summed E-state index contributed by atoms with van der Waals surface area (Å²) in [4.78, 5) is 15.6. The predicted octanol–water partition coefficient (Wildman–Crippen LogP) is 6.76. The number of hydrogen-bond donors (Lipinski definition) is 1. The smallest absolute Gasteiger partial charge is 0.209 e. The largest absolute Gasteiger partial charge is 0.283 e. The van der Waals surface area contributed by atoms with E-state index in [-0.39, 0.29) is 10.5 Å². The van der Waals surface area contributed by atoms with Crippen molar-refractivity contribution in [2.45, 2.75) is 53.4 Å². The molecule has 1 unspecified atom stereocenters. The second kappa shape index (κ2) is 9.88. The minimum absolute atomic E-state index is 0.161. The molecule has 28 heavy (non-hydrogen) atoms. The van der Waals surface area contributed by atoms with Crippen LogP contribution in [0.3, 0.4) is 0 Å². The van der Waals surface area contributed by atoms with Crippen molar-refractivity contribution in [2.24, 2.45) is 5.41 Å². The number of rotatable bonds is 6. The van der Waals surface area contributed by atoms with E-state index >= 15 is 0 Å². The third-order valence-corrected chi connectivity index (χ3v) is 5.49. The molecular formula is C25H31NOS. The summed E-state index contributed by atoms with van der Waals surface area (Å²) < 4.78 is 0. The minimum Gasteiger partial charge on any atom is -0.283 e. The summed E-state index contributed by atoms with van der Waals surface area (Å²) in [5.74, 6) is 0.393. The first-order chi connectivity index (χ1) is 13.2. The van der Waals surface area contributed by atoms with Crippen LogP contribution in [0.1, 0.15) is 59.1 Å². The summed E-state index contributed by atoms with van der Waals surface area (Å²) in [7, 11) is 0. The van der Waals surface area contributed by atoms with Crippen LogP contribution in [0.25, 0.3) is 0 Å². The van der Waals surface area contributed by atoms with Crippen LogP contribution in [0.4, 0.5) is 0 Å². The lowest BCUT2D eigenvalue weighted by atomic mass is 9.68. The van der Waals surface area contributed by atoms with Crippen LogP contribution in [-0.2, 0) is 4.79 Å². The Morgan fingerprint density at radius 3 is 2.61 bits per heavy atom. The number of allylic oxidation sites excluding steroid dienone is 9. The molecule has 2 nitrogen and oxygen atoms in total. The van der Waals surface area contributed by atoms with Crippen molar-refractivity contribution >= 4 is 17.7 Å². The van der Waals surface area contributed by atoms with Gasteiger partial charge < -0.3 is 0 Å². The summed E-state index contributed by atoms with van der Waals surface area (Å²) in [6.45, 7) is 10.9. The molecule has 1 aliphatic carbocycles. The average molecular weight is 394 g/mol. The molecular weight excluding hydrogens is 362 g/mol. The van der Waals surface area contributed by atoms with Gasteiger partial charge in [0, 0.05) is 17.8 Å². The Morgan fingerprint density at radius 2 is 1.96 bits per heavy atom. The summed E-state index contributed by atoms with van der Waals surface area (Å²) in [6, 6.07) is 6.18. The van der Waals surface area contributed by atoms with Crippen LogP contribution < -0.4 is 0 Å². The number of thiol groups is 1. The van der Waals surface area contributed by atoms with Gasteiger partial charge in [0.25, 0.3) is 0 Å². The van der Waals surface area contributed by atoms with E-state index in [1.807, 2.05) is 31.3 Å². The number of hydrogen-bond acceptors (Lipinski definition) is 2. The number of pyridine rings is 1. The molecule has 0 amide bonds. The van der Waals surface area contributed by atoms with E-state index in [0.29, 0.717) is 5.92 Å². The summed E-state index contributed by atoms with van der Waals surface area (Å²) in [5.41, 5.74) is 6.20. The van der Waals surface area contributed by atoms with Gasteiger partial charge in [-0.15, -0.1) is 12.6 Å². The first kappa shape index (κ1) is 22.2. The maximum Gasteiger partial charge on any atom is 0.209 e. The van der Waals surface area contributed by atoms with Crippen molar-refractivity contribution in [3.05, 3.63) is 88.8 Å². The van der Waals surface area contributed by atoms with Crippen molar-refractivity contribution < 1.29 is 4.79 Å². The van der Waals surface area contributed by atoms with E-state index in [9.17, 15) is 4.79 Å². The molecule has 0 aliphatic heterocycles. The molecule has 0 bridgehead atoms. The molecule has 1 aromatic rings. The molecule has 0 saturated heterocycles. The molecule has 0 saturated carbocycles. The zero-order valence-electron chi connectivity index (χ0n) is 17.6. The molecule has 1 atom stereocenters. The van der Waals surface area contributed by atoms with Gasteiger partial charge in [0.05, 0.1) is 0 Å². The summed E-state index contributed by atoms with van der Waals surface area (Å²) in [6.07, 6.45) is 16.1. The van der Waals surface area contributed by atoms with Gasteiger partial charge in [-0.05, 0) is 68.4 Å². The van der Waals surface area contributed by atoms with E-state index in [1.165, 1.54) is 17.2 Å². The van der Waals surface area contributed by atoms with Crippen LogP contribution in [-0.4, -0.2) is 10.1 Å². The zero-order chi connectivity index (χ0) is 20.7. The first-order valence-corrected chi connectivity index (χ1v) is 10.2. The Hall–Kier alpha value is -2.13. The van der Waals surface area contributed by atoms with Crippen LogP contribution in [0, 0.1) is 5.41 Å². The average Bonchev–Trinajstić information content (AvgIpc) is 2.61. The van der Waals surface area contributed by atoms with Crippen molar-refractivity contribution in [3.63, 3.8) is 0 Å². The molecule has 0 fully saturated rings. The second-order valence-electron chi connectivity index (χ2n) is 8.16. The number of nitrogens with zero attached hydrogens (tertiary/aromatic N) is 1. The molecule has 148 valence electrons. The van der Waals surface area contributed by atoms with Crippen molar-refractivity contribution in [2.75, 3.05) is 0 Å². The highest BCUT2D eigenvalue weighted by molar-refractivity contribution is 7.97. The highest BCUT2D eigenvalue weighted by Crippen LogP contribution is 2.46. The SMILES string of the molecule is CC(C=CC1=C(C)C(c2ccccn2)CCC1(C)C)=CC=CC(C)=CC(=O)S. The Kier molecular flexibility index (Phi) is 7.82. The lowest BCUT2D eigenvalue weighted by Crippen LogP contribution is -2.24. The molecule has 0 radical (unpaired) electrons. The third-order valence-electron chi connectivity index (χ3n) is 5.36. The molecule has 1 aromatic heterocycles. The molecule has 3 heteroatoms. The Bertz CT molecular complexity index is 854. The van der Waals surface area contributed by atoms with Crippen molar-refractivity contribution in [3.8, 4) is 0 Å². The predicted molar refractivity (Wildman–Crippen MR) is 122 cm³/mol. The normalized spacial score (nSPS) is 21.0. The van der Waals surface area contributed by atoms with Crippen molar-refractivity contribution in [1.82, 2.24) is 4.98 Å². The van der Waals surface area contributed by atoms with E-state index < -0.39 is 0 Å². The molecule has 0 aromatic carbocycles. The van der Waals surface area contributed by atoms with Gasteiger partial charge in [-0.1, -0.05) is 61.4 Å². The van der Waals surface area contributed by atoms with Gasteiger partial charge in [-0.25, -0.2) is 0 Å². The van der Waals surface area contributed by atoms with Gasteiger partial charge in [0.2, 0.25) is 5.12 Å². The Morgan fingerprint density at radius 1 is 1.21 bits per heavy atom. The van der Waals surface area contributed by atoms with E-state index in [4.69, 9.17) is 0 Å². The lowest BCUT2D eigenvalue weighted by molar-refractivity contribution is -0.106. The third kappa shape index (κ3) is 6.20. The first-order valence-electron chi connectivity index (χ1n) is 9.77. The van der Waals surface area contributed by atoms with Gasteiger partial charge in [-0.3, -0.25) is 9.78 Å². The van der Waals surface area contributed by atoms with Gasteiger partial charge >= 0.3 is 0 Å². The molecule has 0 N–H and O–H groups in total. The maximum absolute atomic E-state index is 11.0. The van der Waals surface area contributed by atoms with E-state index in [0.717, 1.165) is 29.7 Å². The molecule has 1 aliphatic rings. The lowest BCUT2D eigenvalue weighted by Gasteiger charge is -2.37. The quantitative estimate of drug-likeness (QED) is 0.328. The minimum atomic E-state index is -0.229. The van der Waals surface area contributed by atoms with E-state index in [2.05, 4.69) is 75.7 Å². The van der Waals surface area contributed by atoms with Crippen molar-refractivity contribution in [1.29, 1.82) is 0 Å². The van der Waals surface area contributed by atoms with Gasteiger partial charge in [-0.2, -0.15) is 0 Å².